The highest BCUT2D eigenvalue weighted by Gasteiger charge is 2.25. The van der Waals surface area contributed by atoms with Crippen molar-refractivity contribution in [3.63, 3.8) is 0 Å². The van der Waals surface area contributed by atoms with Crippen LogP contribution in [0.25, 0.3) is 4.85 Å². The Hall–Kier alpha value is -3.12. The molecule has 0 spiro atoms. The Labute approximate surface area is 217 Å². The van der Waals surface area contributed by atoms with Gasteiger partial charge in [-0.3, -0.25) is 0 Å². The molecule has 0 aliphatic carbocycles. The van der Waals surface area contributed by atoms with Crippen molar-refractivity contribution in [2.45, 2.75) is 47.8 Å². The van der Waals surface area contributed by atoms with E-state index in [0.29, 0.717) is 28.0 Å². The Morgan fingerprint density at radius 3 is 1.97 bits per heavy atom. The molecule has 186 valence electrons. The molecule has 35 heavy (non-hydrogen) atoms. The molecule has 3 aromatic carbocycles. The molecule has 0 aliphatic rings. The van der Waals surface area contributed by atoms with Crippen molar-refractivity contribution in [3.8, 4) is 5.75 Å². The lowest BCUT2D eigenvalue weighted by molar-refractivity contribution is 0.00644. The Balaban J connectivity index is 0.000000890. The summed E-state index contributed by atoms with van der Waals surface area (Å²) in [6.07, 6.45) is 0. The molecular formula is C27H33BBrNO5. The van der Waals surface area contributed by atoms with E-state index in [1.54, 1.807) is 57.2 Å². The molecule has 0 fully saturated rings. The maximum Gasteiger partial charge on any atom is 0.488 e. The number of ether oxygens (including phenoxy) is 2. The molecule has 0 saturated heterocycles. The molecule has 3 aromatic rings. The van der Waals surface area contributed by atoms with Crippen molar-refractivity contribution >= 4 is 40.2 Å². The average molecular weight is 542 g/mol. The number of nitrogens with zero attached hydrogens (tertiary/aromatic N) is 1. The van der Waals surface area contributed by atoms with Crippen molar-refractivity contribution in [3.05, 3.63) is 99.8 Å². The number of carbonyl (C=O) groups excluding carboxylic acids is 1. The third kappa shape index (κ3) is 10.4. The first-order chi connectivity index (χ1) is 15.6. The summed E-state index contributed by atoms with van der Waals surface area (Å²) in [6.45, 7) is 12.9. The van der Waals surface area contributed by atoms with E-state index in [0.717, 1.165) is 5.56 Å². The monoisotopic (exact) mass is 541 g/mol. The summed E-state index contributed by atoms with van der Waals surface area (Å²) < 4.78 is 11.6. The van der Waals surface area contributed by atoms with Gasteiger partial charge in [0.05, 0.1) is 6.57 Å². The van der Waals surface area contributed by atoms with E-state index in [1.165, 1.54) is 0 Å². The normalized spacial score (nSPS) is 9.74. The molecule has 3 rings (SSSR count). The van der Waals surface area contributed by atoms with Crippen molar-refractivity contribution < 1.29 is 24.3 Å². The Morgan fingerprint density at radius 2 is 1.51 bits per heavy atom. The summed E-state index contributed by atoms with van der Waals surface area (Å²) >= 11 is 3.33. The molecule has 0 amide bonds. The van der Waals surface area contributed by atoms with Gasteiger partial charge < -0.3 is 19.5 Å². The molecule has 0 aliphatic heterocycles. The third-order valence-electron chi connectivity index (χ3n) is 4.14. The summed E-state index contributed by atoms with van der Waals surface area (Å²) in [5.74, 6) is -0.143. The predicted molar refractivity (Wildman–Crippen MR) is 146 cm³/mol. The summed E-state index contributed by atoms with van der Waals surface area (Å²) in [7, 11) is -1.34. The third-order valence-corrected chi connectivity index (χ3v) is 4.94. The highest BCUT2D eigenvalue weighted by atomic mass is 79.9. The summed E-state index contributed by atoms with van der Waals surface area (Å²) in [6, 6.07) is 21.6. The fourth-order valence-electron chi connectivity index (χ4n) is 2.63. The minimum atomic E-state index is -1.34. The average Bonchev–Trinajstić information content (AvgIpc) is 2.78. The summed E-state index contributed by atoms with van der Waals surface area (Å²) in [5.41, 5.74) is 1.44. The second kappa shape index (κ2) is 15.0. The van der Waals surface area contributed by atoms with Gasteiger partial charge in [-0.1, -0.05) is 97.5 Å². The number of rotatable bonds is 5. The number of carbonyl (C=O) groups is 1. The van der Waals surface area contributed by atoms with Crippen LogP contribution >= 0.6 is 15.9 Å². The van der Waals surface area contributed by atoms with Crippen LogP contribution < -0.4 is 10.2 Å². The molecule has 2 N–H and O–H groups in total. The Bertz CT molecular complexity index is 1090. The van der Waals surface area contributed by atoms with Gasteiger partial charge in [0.25, 0.3) is 0 Å². The quantitative estimate of drug-likeness (QED) is 0.229. The van der Waals surface area contributed by atoms with Gasteiger partial charge in [-0.05, 0) is 37.9 Å². The van der Waals surface area contributed by atoms with Gasteiger partial charge in [-0.15, -0.1) is 0 Å². The predicted octanol–water partition coefficient (Wildman–Crippen LogP) is 6.17. The lowest BCUT2D eigenvalue weighted by atomic mass is 9.81. The van der Waals surface area contributed by atoms with Gasteiger partial charge >= 0.3 is 13.1 Å². The van der Waals surface area contributed by atoms with E-state index in [2.05, 4.69) is 20.8 Å². The zero-order valence-electron chi connectivity index (χ0n) is 18.7. The molecule has 8 heteroatoms. The van der Waals surface area contributed by atoms with Gasteiger partial charge in [0.15, 0.2) is 0 Å². The second-order valence-electron chi connectivity index (χ2n) is 7.94. The van der Waals surface area contributed by atoms with Crippen LogP contribution in [0.5, 0.6) is 5.75 Å². The van der Waals surface area contributed by atoms with Crippen LogP contribution in [0.1, 0.15) is 51.5 Å². The first-order valence-electron chi connectivity index (χ1n) is 10.1. The standard InChI is InChI=1S/C19H18BrNO3.C6H7BO2.2CH4/c1-19(2,3)24-18(22)16-15(11-10-14(21-4)17(16)20)23-12-13-8-6-5-7-9-13;8-7(9)6-4-2-1-3-5-6;;/h5-11H,12H2,1-3H3;1-5,8-9H;2*1H4. The minimum Gasteiger partial charge on any atom is -0.488 e. The van der Waals surface area contributed by atoms with Crippen molar-refractivity contribution in [1.82, 2.24) is 0 Å². The van der Waals surface area contributed by atoms with Crippen LogP contribution in [-0.4, -0.2) is 28.7 Å². The zero-order valence-corrected chi connectivity index (χ0v) is 20.2. The van der Waals surface area contributed by atoms with E-state index >= 15 is 0 Å². The van der Waals surface area contributed by atoms with Crippen LogP contribution in [-0.2, 0) is 11.3 Å². The second-order valence-corrected chi connectivity index (χ2v) is 8.74. The SMILES string of the molecule is C.C.OB(O)c1ccccc1.[C-]#[N+]c1ccc(OCc2ccccc2)c(C(=O)OC(C)(C)C)c1Br. The fourth-order valence-corrected chi connectivity index (χ4v) is 3.21. The first-order valence-corrected chi connectivity index (χ1v) is 10.9. The smallest absolute Gasteiger partial charge is 0.488 e. The molecule has 0 aromatic heterocycles. The molecular weight excluding hydrogens is 509 g/mol. The Morgan fingerprint density at radius 1 is 0.971 bits per heavy atom. The van der Waals surface area contributed by atoms with Gasteiger partial charge in [-0.2, -0.15) is 0 Å². The van der Waals surface area contributed by atoms with Crippen molar-refractivity contribution in [2.75, 3.05) is 0 Å². The van der Waals surface area contributed by atoms with Crippen LogP contribution in [0.15, 0.2) is 77.3 Å². The van der Waals surface area contributed by atoms with Gasteiger partial charge in [0.2, 0.25) is 5.69 Å². The van der Waals surface area contributed by atoms with Gasteiger partial charge in [0.1, 0.15) is 23.5 Å². The number of hydrogen-bond acceptors (Lipinski definition) is 5. The molecule has 0 unspecified atom stereocenters. The highest BCUT2D eigenvalue weighted by Crippen LogP contribution is 2.37. The Kier molecular flexibility index (Phi) is 13.7. The molecule has 0 radical (unpaired) electrons. The number of esters is 1. The topological polar surface area (TPSA) is 80.4 Å². The van der Waals surface area contributed by atoms with E-state index in [9.17, 15) is 4.79 Å². The largest absolute Gasteiger partial charge is 0.488 e. The summed E-state index contributed by atoms with van der Waals surface area (Å²) in [4.78, 5) is 16.0. The van der Waals surface area contributed by atoms with E-state index in [4.69, 9.17) is 26.1 Å². The number of hydrogen-bond donors (Lipinski definition) is 2. The number of benzene rings is 3. The molecule has 0 saturated carbocycles. The molecule has 6 nitrogen and oxygen atoms in total. The lowest BCUT2D eigenvalue weighted by Crippen LogP contribution is -2.29. The lowest BCUT2D eigenvalue weighted by Gasteiger charge is -2.21. The molecule has 0 heterocycles. The fraction of sp³-hybridized carbons (Fsp3) is 0.259. The molecule has 0 atom stereocenters. The highest BCUT2D eigenvalue weighted by molar-refractivity contribution is 9.10. The first kappa shape index (κ1) is 31.9. The van der Waals surface area contributed by atoms with E-state index in [1.807, 2.05) is 36.4 Å². The maximum atomic E-state index is 12.5. The van der Waals surface area contributed by atoms with Crippen molar-refractivity contribution in [1.29, 1.82) is 0 Å². The van der Waals surface area contributed by atoms with E-state index in [-0.39, 0.29) is 20.4 Å². The van der Waals surface area contributed by atoms with Crippen molar-refractivity contribution in [2.24, 2.45) is 0 Å². The van der Waals surface area contributed by atoms with Crippen LogP contribution in [0, 0.1) is 6.57 Å². The van der Waals surface area contributed by atoms with Crippen LogP contribution in [0.2, 0.25) is 0 Å². The zero-order chi connectivity index (χ0) is 24.4. The summed E-state index contributed by atoms with van der Waals surface area (Å²) in [5, 5.41) is 17.2. The number of halogens is 1. The van der Waals surface area contributed by atoms with Crippen LogP contribution in [0.4, 0.5) is 5.69 Å². The maximum absolute atomic E-state index is 12.5. The minimum absolute atomic E-state index is 0. The van der Waals surface area contributed by atoms with Crippen LogP contribution in [0.3, 0.4) is 0 Å². The van der Waals surface area contributed by atoms with E-state index < -0.39 is 18.7 Å². The molecule has 0 bridgehead atoms. The van der Waals surface area contributed by atoms with Gasteiger partial charge in [-0.25, -0.2) is 9.64 Å². The van der Waals surface area contributed by atoms with Gasteiger partial charge in [0, 0.05) is 4.47 Å².